The van der Waals surface area contributed by atoms with Crippen LogP contribution in [-0.2, 0) is 11.0 Å². The van der Waals surface area contributed by atoms with Crippen molar-refractivity contribution in [1.82, 2.24) is 9.88 Å². The van der Waals surface area contributed by atoms with Gasteiger partial charge in [-0.2, -0.15) is 18.4 Å². The van der Waals surface area contributed by atoms with E-state index in [0.29, 0.717) is 26.2 Å². The average Bonchev–Trinajstić information content (AvgIpc) is 2.73. The van der Waals surface area contributed by atoms with E-state index in [1.807, 2.05) is 18.2 Å². The lowest BCUT2D eigenvalue weighted by Crippen LogP contribution is -2.49. The van der Waals surface area contributed by atoms with E-state index in [0.717, 1.165) is 18.0 Å². The quantitative estimate of drug-likeness (QED) is 0.831. The number of nitrogens with one attached hydrogen (secondary N) is 1. The van der Waals surface area contributed by atoms with Crippen LogP contribution >= 0.6 is 0 Å². The molecule has 29 heavy (non-hydrogen) atoms. The third-order valence-corrected chi connectivity index (χ3v) is 4.73. The number of hydrogen-bond donors (Lipinski definition) is 1. The van der Waals surface area contributed by atoms with Crippen molar-refractivity contribution in [3.63, 3.8) is 0 Å². The highest BCUT2D eigenvalue weighted by atomic mass is 19.4. The zero-order valence-corrected chi connectivity index (χ0v) is 15.6. The molecule has 0 saturated carbocycles. The second kappa shape index (κ2) is 8.82. The maximum Gasteiger partial charge on any atom is 0.416 e. The maximum atomic E-state index is 12.7. The molecule has 0 unspecified atom stereocenters. The van der Waals surface area contributed by atoms with E-state index >= 15 is 0 Å². The van der Waals surface area contributed by atoms with Crippen LogP contribution in [0.1, 0.15) is 17.5 Å². The number of alkyl halides is 3. The van der Waals surface area contributed by atoms with E-state index in [9.17, 15) is 18.0 Å². The lowest BCUT2D eigenvalue weighted by molar-refractivity contribution is -0.137. The SMILES string of the molecule is N#Cc1cc(C(F)(F)F)ccc1NCCC(=O)N1CCN(c2ccccn2)CC1. The third-order valence-electron chi connectivity index (χ3n) is 4.73. The summed E-state index contributed by atoms with van der Waals surface area (Å²) in [6.07, 6.45) is -2.58. The number of carbonyl (C=O) groups excluding carboxylic acids is 1. The molecule has 0 radical (unpaired) electrons. The van der Waals surface area contributed by atoms with Crippen molar-refractivity contribution < 1.29 is 18.0 Å². The molecule has 0 spiro atoms. The normalized spacial score (nSPS) is 14.4. The van der Waals surface area contributed by atoms with Crippen LogP contribution < -0.4 is 10.2 Å². The van der Waals surface area contributed by atoms with Crippen molar-refractivity contribution in [2.24, 2.45) is 0 Å². The summed E-state index contributed by atoms with van der Waals surface area (Å²) in [5.74, 6) is 0.844. The van der Waals surface area contributed by atoms with E-state index in [2.05, 4.69) is 15.2 Å². The standard InChI is InChI=1S/C20H20F3N5O/c21-20(22,23)16-4-5-17(15(13-16)14-24)25-8-6-19(29)28-11-9-27(10-12-28)18-3-1-2-7-26-18/h1-5,7,13,25H,6,8-12H2. The van der Waals surface area contributed by atoms with Crippen LogP contribution in [0.25, 0.3) is 0 Å². The molecule has 1 aromatic carbocycles. The monoisotopic (exact) mass is 403 g/mol. The van der Waals surface area contributed by atoms with Gasteiger partial charge in [0, 0.05) is 45.3 Å². The van der Waals surface area contributed by atoms with Gasteiger partial charge in [0.05, 0.1) is 16.8 Å². The Labute approximate surface area is 166 Å². The minimum absolute atomic E-state index is 0.0383. The maximum absolute atomic E-state index is 12.7. The molecule has 152 valence electrons. The van der Waals surface area contributed by atoms with E-state index in [1.165, 1.54) is 6.07 Å². The molecule has 2 aromatic rings. The van der Waals surface area contributed by atoms with Gasteiger partial charge in [0.2, 0.25) is 5.91 Å². The molecule has 2 heterocycles. The Balaban J connectivity index is 1.49. The predicted octanol–water partition coefficient (Wildman–Crippen LogP) is 3.12. The smallest absolute Gasteiger partial charge is 0.383 e. The van der Waals surface area contributed by atoms with Crippen molar-refractivity contribution in [3.8, 4) is 6.07 Å². The van der Waals surface area contributed by atoms with E-state index in [-0.39, 0.29) is 30.1 Å². The molecule has 1 fully saturated rings. The molecule has 1 saturated heterocycles. The first-order chi connectivity index (χ1) is 13.9. The summed E-state index contributed by atoms with van der Waals surface area (Å²) in [6, 6.07) is 10.4. The van der Waals surface area contributed by atoms with Gasteiger partial charge >= 0.3 is 6.18 Å². The number of benzene rings is 1. The number of rotatable bonds is 5. The van der Waals surface area contributed by atoms with Gasteiger partial charge in [0.1, 0.15) is 11.9 Å². The fraction of sp³-hybridized carbons (Fsp3) is 0.350. The Morgan fingerprint density at radius 1 is 1.17 bits per heavy atom. The molecule has 1 aliphatic rings. The van der Waals surface area contributed by atoms with Crippen LogP contribution in [0.5, 0.6) is 0 Å². The number of anilines is 2. The molecule has 6 nitrogen and oxygen atoms in total. The number of nitriles is 1. The number of piperazine rings is 1. The van der Waals surface area contributed by atoms with Crippen molar-refractivity contribution in [3.05, 3.63) is 53.7 Å². The summed E-state index contributed by atoms with van der Waals surface area (Å²) in [5, 5.41) is 12.0. The van der Waals surface area contributed by atoms with Crippen molar-refractivity contribution >= 4 is 17.4 Å². The number of halogens is 3. The van der Waals surface area contributed by atoms with Crippen LogP contribution in [0.15, 0.2) is 42.6 Å². The van der Waals surface area contributed by atoms with Crippen LogP contribution in [0.4, 0.5) is 24.7 Å². The van der Waals surface area contributed by atoms with Gasteiger partial charge < -0.3 is 15.1 Å². The zero-order chi connectivity index (χ0) is 20.9. The second-order valence-corrected chi connectivity index (χ2v) is 6.60. The second-order valence-electron chi connectivity index (χ2n) is 6.60. The fourth-order valence-corrected chi connectivity index (χ4v) is 3.16. The van der Waals surface area contributed by atoms with E-state index in [1.54, 1.807) is 17.2 Å². The summed E-state index contributed by atoms with van der Waals surface area (Å²) < 4.78 is 38.2. The Morgan fingerprint density at radius 2 is 1.93 bits per heavy atom. The summed E-state index contributed by atoms with van der Waals surface area (Å²) in [6.45, 7) is 2.78. The average molecular weight is 403 g/mol. The first-order valence-electron chi connectivity index (χ1n) is 9.17. The number of hydrogen-bond acceptors (Lipinski definition) is 5. The fourth-order valence-electron chi connectivity index (χ4n) is 3.16. The van der Waals surface area contributed by atoms with E-state index in [4.69, 9.17) is 5.26 Å². The summed E-state index contributed by atoms with van der Waals surface area (Å²) in [4.78, 5) is 20.6. The van der Waals surface area contributed by atoms with Crippen molar-refractivity contribution in [2.45, 2.75) is 12.6 Å². The number of pyridine rings is 1. The minimum Gasteiger partial charge on any atom is -0.383 e. The zero-order valence-electron chi connectivity index (χ0n) is 15.6. The number of amides is 1. The molecule has 1 aromatic heterocycles. The molecule has 1 aliphatic heterocycles. The summed E-state index contributed by atoms with van der Waals surface area (Å²) >= 11 is 0. The highest BCUT2D eigenvalue weighted by Crippen LogP contribution is 2.31. The van der Waals surface area contributed by atoms with Crippen LogP contribution in [-0.4, -0.2) is 48.5 Å². The molecule has 0 aliphatic carbocycles. The Kier molecular flexibility index (Phi) is 6.22. The topological polar surface area (TPSA) is 72.3 Å². The van der Waals surface area contributed by atoms with Crippen molar-refractivity contribution in [2.75, 3.05) is 42.9 Å². The van der Waals surface area contributed by atoms with Gasteiger partial charge in [-0.15, -0.1) is 0 Å². The van der Waals surface area contributed by atoms with Gasteiger partial charge in [-0.3, -0.25) is 4.79 Å². The molecule has 0 bridgehead atoms. The highest BCUT2D eigenvalue weighted by molar-refractivity contribution is 5.77. The van der Waals surface area contributed by atoms with Gasteiger partial charge in [-0.1, -0.05) is 6.07 Å². The van der Waals surface area contributed by atoms with Crippen molar-refractivity contribution in [1.29, 1.82) is 5.26 Å². The molecule has 1 amide bonds. The summed E-state index contributed by atoms with van der Waals surface area (Å²) in [7, 11) is 0. The Morgan fingerprint density at radius 3 is 2.55 bits per heavy atom. The minimum atomic E-state index is -4.50. The molecular formula is C20H20F3N5O. The lowest BCUT2D eigenvalue weighted by atomic mass is 10.1. The van der Waals surface area contributed by atoms with Gasteiger partial charge in [-0.25, -0.2) is 4.98 Å². The van der Waals surface area contributed by atoms with Crippen LogP contribution in [0.2, 0.25) is 0 Å². The number of carbonyl (C=O) groups is 1. The molecule has 9 heteroatoms. The largest absolute Gasteiger partial charge is 0.416 e. The van der Waals surface area contributed by atoms with E-state index < -0.39 is 11.7 Å². The Hall–Kier alpha value is -3.28. The van der Waals surface area contributed by atoms with Crippen LogP contribution in [0, 0.1) is 11.3 Å². The first-order valence-corrected chi connectivity index (χ1v) is 9.17. The highest BCUT2D eigenvalue weighted by Gasteiger charge is 2.31. The predicted molar refractivity (Wildman–Crippen MR) is 102 cm³/mol. The summed E-state index contributed by atoms with van der Waals surface area (Å²) in [5.41, 5.74) is -0.689. The third kappa shape index (κ3) is 5.16. The van der Waals surface area contributed by atoms with Gasteiger partial charge in [-0.05, 0) is 30.3 Å². The number of nitrogens with zero attached hydrogens (tertiary/aromatic N) is 4. The lowest BCUT2D eigenvalue weighted by Gasteiger charge is -2.35. The first kappa shape index (κ1) is 20.5. The molecule has 0 atom stereocenters. The van der Waals surface area contributed by atoms with Crippen LogP contribution in [0.3, 0.4) is 0 Å². The number of aromatic nitrogens is 1. The molecule has 3 rings (SSSR count). The molecule has 1 N–H and O–H groups in total. The molecular weight excluding hydrogens is 383 g/mol. The van der Waals surface area contributed by atoms with Gasteiger partial charge in [0.25, 0.3) is 0 Å². The Bertz CT molecular complexity index is 887. The van der Waals surface area contributed by atoms with Gasteiger partial charge in [0.15, 0.2) is 0 Å².